The molecule has 18 heavy (non-hydrogen) atoms. The molecule has 1 fully saturated rings. The Labute approximate surface area is 106 Å². The van der Waals surface area contributed by atoms with Gasteiger partial charge in [0.15, 0.2) is 0 Å². The smallest absolute Gasteiger partial charge is 0.244 e. The fourth-order valence-corrected chi connectivity index (χ4v) is 2.30. The molecule has 2 rings (SSSR count). The molecule has 1 aromatic rings. The van der Waals surface area contributed by atoms with Crippen LogP contribution in [0, 0.1) is 5.92 Å². The second kappa shape index (κ2) is 5.66. The summed E-state index contributed by atoms with van der Waals surface area (Å²) in [5, 5.41) is 4.01. The molecule has 2 amide bonds. The molecule has 0 bridgehead atoms. The van der Waals surface area contributed by atoms with Crippen molar-refractivity contribution in [3.05, 3.63) is 18.5 Å². The van der Waals surface area contributed by atoms with Crippen molar-refractivity contribution in [3.63, 3.8) is 0 Å². The molecule has 0 atom stereocenters. The van der Waals surface area contributed by atoms with Crippen molar-refractivity contribution in [3.8, 4) is 0 Å². The lowest BCUT2D eigenvalue weighted by molar-refractivity contribution is -0.133. The number of nitrogens with zero attached hydrogens (tertiary/aromatic N) is 3. The standard InChI is InChI=1S/C12H18N4O2/c13-11(17)8-10-2-6-15(7-3-10)12(18)9-16-5-1-4-14-16/h1,4-5,10H,2-3,6-9H2,(H2,13,17). The molecule has 98 valence electrons. The van der Waals surface area contributed by atoms with Crippen LogP contribution in [0.15, 0.2) is 18.5 Å². The van der Waals surface area contributed by atoms with Gasteiger partial charge in [0.2, 0.25) is 11.8 Å². The Balaban J connectivity index is 1.79. The molecular weight excluding hydrogens is 232 g/mol. The Morgan fingerprint density at radius 2 is 2.06 bits per heavy atom. The molecule has 1 saturated heterocycles. The van der Waals surface area contributed by atoms with Gasteiger partial charge in [-0.3, -0.25) is 14.3 Å². The van der Waals surface area contributed by atoms with E-state index in [1.54, 1.807) is 23.1 Å². The molecular formula is C12H18N4O2. The predicted molar refractivity (Wildman–Crippen MR) is 65.3 cm³/mol. The van der Waals surface area contributed by atoms with Crippen molar-refractivity contribution in [2.75, 3.05) is 13.1 Å². The lowest BCUT2D eigenvalue weighted by atomic mass is 9.93. The van der Waals surface area contributed by atoms with Crippen LogP contribution in [-0.2, 0) is 16.1 Å². The Bertz CT molecular complexity index is 408. The van der Waals surface area contributed by atoms with Crippen molar-refractivity contribution in [2.45, 2.75) is 25.8 Å². The maximum atomic E-state index is 12.0. The van der Waals surface area contributed by atoms with Gasteiger partial charge in [-0.2, -0.15) is 5.10 Å². The van der Waals surface area contributed by atoms with Gasteiger partial charge in [-0.15, -0.1) is 0 Å². The number of nitrogens with two attached hydrogens (primary N) is 1. The van der Waals surface area contributed by atoms with Crippen molar-refractivity contribution in [1.82, 2.24) is 14.7 Å². The van der Waals surface area contributed by atoms with E-state index in [0.29, 0.717) is 25.4 Å². The van der Waals surface area contributed by atoms with E-state index in [2.05, 4.69) is 5.10 Å². The molecule has 6 nitrogen and oxygen atoms in total. The lowest BCUT2D eigenvalue weighted by Gasteiger charge is -2.31. The Kier molecular flexibility index (Phi) is 3.96. The monoisotopic (exact) mass is 250 g/mol. The van der Waals surface area contributed by atoms with Gasteiger partial charge in [-0.25, -0.2) is 0 Å². The summed E-state index contributed by atoms with van der Waals surface area (Å²) in [6, 6.07) is 1.80. The number of rotatable bonds is 4. The first-order chi connectivity index (χ1) is 8.65. The molecule has 1 aromatic heterocycles. The SMILES string of the molecule is NC(=O)CC1CCN(C(=O)Cn2cccn2)CC1. The minimum Gasteiger partial charge on any atom is -0.370 e. The molecule has 0 aliphatic carbocycles. The number of hydrogen-bond donors (Lipinski definition) is 1. The number of hydrogen-bond acceptors (Lipinski definition) is 3. The van der Waals surface area contributed by atoms with Crippen molar-refractivity contribution < 1.29 is 9.59 Å². The number of amides is 2. The summed E-state index contributed by atoms with van der Waals surface area (Å²) < 4.78 is 1.62. The number of primary amides is 1. The largest absolute Gasteiger partial charge is 0.370 e. The first-order valence-electron chi connectivity index (χ1n) is 6.18. The van der Waals surface area contributed by atoms with Crippen molar-refractivity contribution >= 4 is 11.8 Å². The third kappa shape index (κ3) is 3.32. The minimum atomic E-state index is -0.253. The fourth-order valence-electron chi connectivity index (χ4n) is 2.30. The van der Waals surface area contributed by atoms with E-state index in [-0.39, 0.29) is 18.4 Å². The van der Waals surface area contributed by atoms with Crippen LogP contribution in [-0.4, -0.2) is 39.6 Å². The second-order valence-electron chi connectivity index (χ2n) is 4.70. The summed E-state index contributed by atoms with van der Waals surface area (Å²) in [6.45, 7) is 1.70. The highest BCUT2D eigenvalue weighted by molar-refractivity contribution is 5.76. The van der Waals surface area contributed by atoms with Crippen LogP contribution < -0.4 is 5.73 Å². The van der Waals surface area contributed by atoms with Gasteiger partial charge in [0.25, 0.3) is 0 Å². The van der Waals surface area contributed by atoms with Crippen LogP contribution in [0.25, 0.3) is 0 Å². The summed E-state index contributed by atoms with van der Waals surface area (Å²) in [4.78, 5) is 24.6. The number of aromatic nitrogens is 2. The molecule has 1 aliphatic rings. The highest BCUT2D eigenvalue weighted by Gasteiger charge is 2.23. The van der Waals surface area contributed by atoms with Gasteiger partial charge < -0.3 is 10.6 Å². The van der Waals surface area contributed by atoms with Gasteiger partial charge in [0, 0.05) is 31.9 Å². The molecule has 1 aliphatic heterocycles. The van der Waals surface area contributed by atoms with Gasteiger partial charge in [-0.05, 0) is 24.8 Å². The predicted octanol–water partition coefficient (Wildman–Crippen LogP) is -0.00290. The first kappa shape index (κ1) is 12.6. The van der Waals surface area contributed by atoms with Crippen LogP contribution in [0.1, 0.15) is 19.3 Å². The minimum absolute atomic E-state index is 0.0798. The first-order valence-corrected chi connectivity index (χ1v) is 6.18. The summed E-state index contributed by atoms with van der Waals surface area (Å²) in [5.41, 5.74) is 5.18. The highest BCUT2D eigenvalue weighted by Crippen LogP contribution is 2.20. The number of piperidine rings is 1. The molecule has 6 heteroatoms. The van der Waals surface area contributed by atoms with E-state index in [9.17, 15) is 9.59 Å². The summed E-state index contributed by atoms with van der Waals surface area (Å²) in [6.07, 6.45) is 5.58. The number of carbonyl (C=O) groups excluding carboxylic acids is 2. The normalized spacial score (nSPS) is 16.8. The van der Waals surface area contributed by atoms with E-state index >= 15 is 0 Å². The van der Waals surface area contributed by atoms with E-state index in [1.807, 2.05) is 4.90 Å². The fraction of sp³-hybridized carbons (Fsp3) is 0.583. The van der Waals surface area contributed by atoms with Crippen molar-refractivity contribution in [2.24, 2.45) is 11.7 Å². The molecule has 0 radical (unpaired) electrons. The van der Waals surface area contributed by atoms with Crippen LogP contribution >= 0.6 is 0 Å². The molecule has 0 aromatic carbocycles. The van der Waals surface area contributed by atoms with Crippen molar-refractivity contribution in [1.29, 1.82) is 0 Å². The zero-order valence-corrected chi connectivity index (χ0v) is 10.3. The maximum absolute atomic E-state index is 12.0. The van der Waals surface area contributed by atoms with Crippen LogP contribution in [0.5, 0.6) is 0 Å². The van der Waals surface area contributed by atoms with Gasteiger partial charge >= 0.3 is 0 Å². The topological polar surface area (TPSA) is 81.2 Å². The van der Waals surface area contributed by atoms with Crippen LogP contribution in [0.3, 0.4) is 0 Å². The van der Waals surface area contributed by atoms with E-state index in [0.717, 1.165) is 12.8 Å². The molecule has 0 saturated carbocycles. The lowest BCUT2D eigenvalue weighted by Crippen LogP contribution is -2.40. The number of likely N-dealkylation sites (tertiary alicyclic amines) is 1. The Morgan fingerprint density at radius 1 is 1.33 bits per heavy atom. The Morgan fingerprint density at radius 3 is 2.61 bits per heavy atom. The maximum Gasteiger partial charge on any atom is 0.244 e. The zero-order valence-electron chi connectivity index (χ0n) is 10.3. The van der Waals surface area contributed by atoms with E-state index in [1.165, 1.54) is 0 Å². The quantitative estimate of drug-likeness (QED) is 0.816. The molecule has 0 spiro atoms. The van der Waals surface area contributed by atoms with Gasteiger partial charge in [0.05, 0.1) is 0 Å². The average molecular weight is 250 g/mol. The summed E-state index contributed by atoms with van der Waals surface area (Å²) >= 11 is 0. The average Bonchev–Trinajstić information content (AvgIpc) is 2.82. The highest BCUT2D eigenvalue weighted by atomic mass is 16.2. The molecule has 0 unspecified atom stereocenters. The van der Waals surface area contributed by atoms with Gasteiger partial charge in [-0.1, -0.05) is 0 Å². The molecule has 2 heterocycles. The van der Waals surface area contributed by atoms with Crippen LogP contribution in [0.4, 0.5) is 0 Å². The number of carbonyl (C=O) groups is 2. The Hall–Kier alpha value is -1.85. The van der Waals surface area contributed by atoms with Crippen LogP contribution in [0.2, 0.25) is 0 Å². The summed E-state index contributed by atoms with van der Waals surface area (Å²) in [5.74, 6) is 0.156. The van der Waals surface area contributed by atoms with Gasteiger partial charge in [0.1, 0.15) is 6.54 Å². The third-order valence-electron chi connectivity index (χ3n) is 3.31. The third-order valence-corrected chi connectivity index (χ3v) is 3.31. The van der Waals surface area contributed by atoms with E-state index in [4.69, 9.17) is 5.73 Å². The van der Waals surface area contributed by atoms with E-state index < -0.39 is 0 Å². The zero-order chi connectivity index (χ0) is 13.0. The summed E-state index contributed by atoms with van der Waals surface area (Å²) in [7, 11) is 0. The second-order valence-corrected chi connectivity index (χ2v) is 4.70. The molecule has 2 N–H and O–H groups in total.